The van der Waals surface area contributed by atoms with E-state index in [1.807, 2.05) is 13.8 Å². The molecular weight excluding hydrogens is 404 g/mol. The third-order valence-corrected chi connectivity index (χ3v) is 4.65. The highest BCUT2D eigenvalue weighted by molar-refractivity contribution is 5.92. The minimum Gasteiger partial charge on any atom is -0.480 e. The molecule has 0 aliphatic carbocycles. The fourth-order valence-corrected chi connectivity index (χ4v) is 2.94. The van der Waals surface area contributed by atoms with Crippen LogP contribution >= 0.6 is 0 Å². The molecule has 0 aromatic carbocycles. The topological polar surface area (TPSA) is 203 Å². The van der Waals surface area contributed by atoms with Crippen molar-refractivity contribution in [1.29, 1.82) is 0 Å². The van der Waals surface area contributed by atoms with Crippen molar-refractivity contribution < 1.29 is 24.3 Å². The van der Waals surface area contributed by atoms with E-state index in [4.69, 9.17) is 17.2 Å². The molecule has 11 nitrogen and oxygen atoms in total. The molecule has 0 saturated heterocycles. The Morgan fingerprint density at radius 1 is 0.839 bits per heavy atom. The highest BCUT2D eigenvalue weighted by Crippen LogP contribution is 2.05. The monoisotopic (exact) mass is 444 g/mol. The van der Waals surface area contributed by atoms with Crippen molar-refractivity contribution in [2.75, 3.05) is 19.6 Å². The van der Waals surface area contributed by atoms with Crippen molar-refractivity contribution in [3.8, 4) is 0 Å². The van der Waals surface area contributed by atoms with Gasteiger partial charge in [-0.2, -0.15) is 0 Å². The molecule has 0 aromatic rings. The van der Waals surface area contributed by atoms with Crippen LogP contribution in [0.15, 0.2) is 0 Å². The number of hydrogen-bond donors (Lipinski definition) is 7. The predicted octanol–water partition coefficient (Wildman–Crippen LogP) is -1.21. The first-order valence-corrected chi connectivity index (χ1v) is 10.9. The highest BCUT2D eigenvalue weighted by atomic mass is 16.4. The molecule has 0 aliphatic rings. The van der Waals surface area contributed by atoms with Gasteiger partial charge in [-0.05, 0) is 64.0 Å². The molecule has 0 saturated carbocycles. The maximum Gasteiger partial charge on any atom is 0.326 e. The lowest BCUT2D eigenvalue weighted by atomic mass is 10.0. The van der Waals surface area contributed by atoms with Crippen molar-refractivity contribution in [3.05, 3.63) is 0 Å². The molecule has 3 unspecified atom stereocenters. The van der Waals surface area contributed by atoms with E-state index >= 15 is 0 Å². The first-order chi connectivity index (χ1) is 14.6. The number of carboxylic acids is 1. The summed E-state index contributed by atoms with van der Waals surface area (Å²) < 4.78 is 0. The lowest BCUT2D eigenvalue weighted by Crippen LogP contribution is -2.53. The summed E-state index contributed by atoms with van der Waals surface area (Å²) in [5.74, 6) is -2.51. The van der Waals surface area contributed by atoms with Crippen LogP contribution in [-0.4, -0.2) is 66.6 Å². The van der Waals surface area contributed by atoms with Crippen LogP contribution in [0.2, 0.25) is 0 Å². The lowest BCUT2D eigenvalue weighted by molar-refractivity contribution is -0.142. The normalized spacial score (nSPS) is 13.9. The maximum absolute atomic E-state index is 12.6. The van der Waals surface area contributed by atoms with E-state index < -0.39 is 41.8 Å². The number of rotatable bonds is 17. The van der Waals surface area contributed by atoms with Gasteiger partial charge in [0, 0.05) is 0 Å². The lowest BCUT2D eigenvalue weighted by Gasteiger charge is -2.22. The Kier molecular flexibility index (Phi) is 15.3. The first kappa shape index (κ1) is 28.8. The van der Waals surface area contributed by atoms with Gasteiger partial charge in [0.2, 0.25) is 17.7 Å². The van der Waals surface area contributed by atoms with Crippen LogP contribution in [0.3, 0.4) is 0 Å². The number of carbonyl (C=O) groups is 4. The molecule has 0 aromatic heterocycles. The van der Waals surface area contributed by atoms with Gasteiger partial charge in [-0.25, -0.2) is 4.79 Å². The molecule has 0 rings (SSSR count). The molecule has 180 valence electrons. The molecule has 10 N–H and O–H groups in total. The van der Waals surface area contributed by atoms with Gasteiger partial charge >= 0.3 is 5.97 Å². The van der Waals surface area contributed by atoms with Crippen LogP contribution in [0.25, 0.3) is 0 Å². The van der Waals surface area contributed by atoms with Crippen molar-refractivity contribution in [2.45, 2.75) is 76.9 Å². The molecule has 3 amide bonds. The van der Waals surface area contributed by atoms with Gasteiger partial charge in [0.1, 0.15) is 12.1 Å². The maximum atomic E-state index is 12.6. The minimum atomic E-state index is -1.15. The number of aliphatic carboxylic acids is 1. The number of carbonyl (C=O) groups excluding carboxylic acids is 3. The Morgan fingerprint density at radius 3 is 1.87 bits per heavy atom. The zero-order chi connectivity index (χ0) is 23.8. The number of nitrogens with one attached hydrogen (secondary N) is 3. The molecule has 0 radical (unpaired) electrons. The molecule has 0 bridgehead atoms. The summed E-state index contributed by atoms with van der Waals surface area (Å²) in [4.78, 5) is 48.3. The standard InChI is InChI=1S/C20H40N6O5/c1-13(2)11-14(23)18(28)24-12-17(27)25-15(7-3-5-9-21)19(29)26-16(20(30)31)8-4-6-10-22/h13-16H,3-12,21-23H2,1-2H3,(H,24,28)(H,25,27)(H,26,29)(H,30,31). The van der Waals surface area contributed by atoms with Crippen molar-refractivity contribution in [1.82, 2.24) is 16.0 Å². The van der Waals surface area contributed by atoms with Gasteiger partial charge in [-0.3, -0.25) is 14.4 Å². The number of carboxylic acid groups (broad SMARTS) is 1. The van der Waals surface area contributed by atoms with E-state index in [-0.39, 0.29) is 18.9 Å². The predicted molar refractivity (Wildman–Crippen MR) is 118 cm³/mol. The van der Waals surface area contributed by atoms with E-state index in [9.17, 15) is 24.3 Å². The smallest absolute Gasteiger partial charge is 0.326 e. The van der Waals surface area contributed by atoms with E-state index in [1.54, 1.807) is 0 Å². The third kappa shape index (κ3) is 13.6. The summed E-state index contributed by atoms with van der Waals surface area (Å²) in [7, 11) is 0. The Morgan fingerprint density at radius 2 is 1.39 bits per heavy atom. The fourth-order valence-electron chi connectivity index (χ4n) is 2.94. The molecule has 0 aliphatic heterocycles. The molecule has 0 heterocycles. The second-order valence-corrected chi connectivity index (χ2v) is 8.04. The summed E-state index contributed by atoms with van der Waals surface area (Å²) in [6.07, 6.45) is 3.45. The van der Waals surface area contributed by atoms with E-state index in [0.29, 0.717) is 51.6 Å². The molecule has 0 spiro atoms. The van der Waals surface area contributed by atoms with E-state index in [0.717, 1.165) is 0 Å². The van der Waals surface area contributed by atoms with Crippen molar-refractivity contribution in [3.63, 3.8) is 0 Å². The van der Waals surface area contributed by atoms with Crippen LogP contribution < -0.4 is 33.2 Å². The molecular formula is C20H40N6O5. The Balaban J connectivity index is 4.87. The van der Waals surface area contributed by atoms with Gasteiger partial charge < -0.3 is 38.3 Å². The number of hydrogen-bond acceptors (Lipinski definition) is 7. The van der Waals surface area contributed by atoms with Crippen LogP contribution in [-0.2, 0) is 19.2 Å². The number of unbranched alkanes of at least 4 members (excludes halogenated alkanes) is 2. The fraction of sp³-hybridized carbons (Fsp3) is 0.800. The number of amides is 3. The average Bonchev–Trinajstić information content (AvgIpc) is 2.69. The van der Waals surface area contributed by atoms with Crippen LogP contribution in [0.4, 0.5) is 0 Å². The Labute approximate surface area is 184 Å². The van der Waals surface area contributed by atoms with Crippen molar-refractivity contribution in [2.24, 2.45) is 23.1 Å². The second-order valence-electron chi connectivity index (χ2n) is 8.04. The molecule has 31 heavy (non-hydrogen) atoms. The molecule has 11 heteroatoms. The van der Waals surface area contributed by atoms with Gasteiger partial charge in [-0.15, -0.1) is 0 Å². The SMILES string of the molecule is CC(C)CC(N)C(=O)NCC(=O)NC(CCCCN)C(=O)NC(CCCCN)C(=O)O. The van der Waals surface area contributed by atoms with Gasteiger partial charge in [0.15, 0.2) is 0 Å². The van der Waals surface area contributed by atoms with Crippen LogP contribution in [0.5, 0.6) is 0 Å². The summed E-state index contributed by atoms with van der Waals surface area (Å²) in [5, 5.41) is 16.9. The number of nitrogens with two attached hydrogens (primary N) is 3. The summed E-state index contributed by atoms with van der Waals surface area (Å²) in [6.45, 7) is 4.41. The van der Waals surface area contributed by atoms with Gasteiger partial charge in [-0.1, -0.05) is 13.8 Å². The Bertz CT molecular complexity index is 572. The van der Waals surface area contributed by atoms with Crippen LogP contribution in [0.1, 0.15) is 58.8 Å². The van der Waals surface area contributed by atoms with Crippen LogP contribution in [0, 0.1) is 5.92 Å². The average molecular weight is 445 g/mol. The summed E-state index contributed by atoms with van der Waals surface area (Å²) in [6, 6.07) is -2.72. The van der Waals surface area contributed by atoms with Gasteiger partial charge in [0.05, 0.1) is 12.6 Å². The third-order valence-electron chi connectivity index (χ3n) is 4.65. The van der Waals surface area contributed by atoms with Crippen molar-refractivity contribution >= 4 is 23.7 Å². The van der Waals surface area contributed by atoms with E-state index in [1.165, 1.54) is 0 Å². The Hall–Kier alpha value is -2.24. The highest BCUT2D eigenvalue weighted by Gasteiger charge is 2.26. The molecule has 0 fully saturated rings. The van der Waals surface area contributed by atoms with Gasteiger partial charge in [0.25, 0.3) is 0 Å². The minimum absolute atomic E-state index is 0.234. The largest absolute Gasteiger partial charge is 0.480 e. The summed E-state index contributed by atoms with van der Waals surface area (Å²) in [5.41, 5.74) is 16.7. The molecule has 3 atom stereocenters. The van der Waals surface area contributed by atoms with E-state index in [2.05, 4.69) is 16.0 Å². The summed E-state index contributed by atoms with van der Waals surface area (Å²) >= 11 is 0. The first-order valence-electron chi connectivity index (χ1n) is 10.9. The zero-order valence-electron chi connectivity index (χ0n) is 18.7. The quantitative estimate of drug-likeness (QED) is 0.135. The zero-order valence-corrected chi connectivity index (χ0v) is 18.7. The second kappa shape index (κ2) is 16.5.